The molecule has 0 heterocycles. The molecule has 1 unspecified atom stereocenters. The lowest BCUT2D eigenvalue weighted by atomic mass is 10.1. The van der Waals surface area contributed by atoms with Crippen molar-refractivity contribution in [3.05, 3.63) is 28.8 Å². The van der Waals surface area contributed by atoms with Crippen LogP contribution in [0.2, 0.25) is 0 Å². The number of rotatable bonds is 6. The van der Waals surface area contributed by atoms with Crippen molar-refractivity contribution in [2.24, 2.45) is 0 Å². The van der Waals surface area contributed by atoms with Crippen LogP contribution in [0.3, 0.4) is 0 Å². The van der Waals surface area contributed by atoms with E-state index < -0.39 is 6.10 Å². The van der Waals surface area contributed by atoms with Crippen LogP contribution in [-0.4, -0.2) is 36.6 Å². The molecule has 0 aliphatic carbocycles. The Morgan fingerprint density at radius 3 is 2.65 bits per heavy atom. The van der Waals surface area contributed by atoms with Crippen LogP contribution in [0.4, 0.5) is 0 Å². The second-order valence-corrected chi connectivity index (χ2v) is 4.24. The minimum atomic E-state index is -0.716. The number of nitrogens with one attached hydrogen (secondary N) is 1. The van der Waals surface area contributed by atoms with Gasteiger partial charge in [0, 0.05) is 18.7 Å². The second kappa shape index (κ2) is 6.59. The first-order chi connectivity index (χ1) is 8.08. The van der Waals surface area contributed by atoms with Crippen LogP contribution < -0.4 is 10.1 Å². The van der Waals surface area contributed by atoms with E-state index >= 15 is 0 Å². The number of aliphatic hydroxyl groups excluding tert-OH is 2. The van der Waals surface area contributed by atoms with Crippen LogP contribution in [0.1, 0.15) is 16.7 Å². The summed E-state index contributed by atoms with van der Waals surface area (Å²) in [5, 5.41) is 21.0. The van der Waals surface area contributed by atoms with E-state index in [2.05, 4.69) is 17.4 Å². The summed E-state index contributed by atoms with van der Waals surface area (Å²) in [6, 6.07) is 4.13. The van der Waals surface area contributed by atoms with E-state index in [0.717, 1.165) is 16.9 Å². The number of aliphatic hydroxyl groups is 2. The van der Waals surface area contributed by atoms with Crippen molar-refractivity contribution in [2.45, 2.75) is 26.5 Å². The molecular formula is C13H21NO3. The van der Waals surface area contributed by atoms with Gasteiger partial charge in [-0.1, -0.05) is 17.7 Å². The Kier molecular flexibility index (Phi) is 5.41. The Morgan fingerprint density at radius 2 is 2.06 bits per heavy atom. The average molecular weight is 239 g/mol. The standard InChI is InChI=1S/C13H21NO3/c1-9-4-10(2)13(17-3)11(5-9)6-14-7-12(16)8-15/h4-5,12,14-16H,6-8H2,1-3H3. The zero-order chi connectivity index (χ0) is 12.8. The van der Waals surface area contributed by atoms with Crippen LogP contribution in [0.25, 0.3) is 0 Å². The lowest BCUT2D eigenvalue weighted by Crippen LogP contribution is -2.29. The van der Waals surface area contributed by atoms with Gasteiger partial charge in [0.1, 0.15) is 5.75 Å². The van der Waals surface area contributed by atoms with Gasteiger partial charge in [-0.25, -0.2) is 0 Å². The van der Waals surface area contributed by atoms with Crippen molar-refractivity contribution in [3.63, 3.8) is 0 Å². The number of methoxy groups -OCH3 is 1. The van der Waals surface area contributed by atoms with Crippen molar-refractivity contribution in [3.8, 4) is 5.75 Å². The Hall–Kier alpha value is -1.10. The quantitative estimate of drug-likeness (QED) is 0.685. The molecule has 0 bridgehead atoms. The molecule has 0 fully saturated rings. The fourth-order valence-electron chi connectivity index (χ4n) is 1.90. The molecule has 1 aromatic rings. The molecule has 1 aromatic carbocycles. The summed E-state index contributed by atoms with van der Waals surface area (Å²) >= 11 is 0. The van der Waals surface area contributed by atoms with Crippen molar-refractivity contribution >= 4 is 0 Å². The topological polar surface area (TPSA) is 61.7 Å². The minimum Gasteiger partial charge on any atom is -0.496 e. The Morgan fingerprint density at radius 1 is 1.35 bits per heavy atom. The van der Waals surface area contributed by atoms with E-state index in [1.807, 2.05) is 13.8 Å². The lowest BCUT2D eigenvalue weighted by molar-refractivity contribution is 0.0942. The number of aryl methyl sites for hydroxylation is 2. The molecule has 0 aliphatic heterocycles. The third kappa shape index (κ3) is 4.00. The zero-order valence-electron chi connectivity index (χ0n) is 10.7. The van der Waals surface area contributed by atoms with Gasteiger partial charge in [0.25, 0.3) is 0 Å². The molecule has 0 aliphatic rings. The summed E-state index contributed by atoms with van der Waals surface area (Å²) in [6.07, 6.45) is -0.716. The normalized spacial score (nSPS) is 12.5. The summed E-state index contributed by atoms with van der Waals surface area (Å²) in [6.45, 7) is 4.81. The molecule has 0 aromatic heterocycles. The van der Waals surface area contributed by atoms with Crippen molar-refractivity contribution in [1.29, 1.82) is 0 Å². The maximum absolute atomic E-state index is 9.23. The highest BCUT2D eigenvalue weighted by atomic mass is 16.5. The van der Waals surface area contributed by atoms with Crippen molar-refractivity contribution < 1.29 is 14.9 Å². The smallest absolute Gasteiger partial charge is 0.126 e. The van der Waals surface area contributed by atoms with Gasteiger partial charge in [-0.15, -0.1) is 0 Å². The molecule has 0 saturated carbocycles. The Labute approximate surface area is 102 Å². The van der Waals surface area contributed by atoms with Crippen LogP contribution >= 0.6 is 0 Å². The summed E-state index contributed by atoms with van der Waals surface area (Å²) in [5.74, 6) is 0.876. The molecule has 17 heavy (non-hydrogen) atoms. The summed E-state index contributed by atoms with van der Waals surface area (Å²) in [5.41, 5.74) is 3.35. The van der Waals surface area contributed by atoms with E-state index in [-0.39, 0.29) is 6.61 Å². The Bertz CT molecular complexity index is 366. The molecule has 4 nitrogen and oxygen atoms in total. The van der Waals surface area contributed by atoms with E-state index in [1.165, 1.54) is 5.56 Å². The minimum absolute atomic E-state index is 0.225. The van der Waals surface area contributed by atoms with Gasteiger partial charge < -0.3 is 20.3 Å². The van der Waals surface area contributed by atoms with Crippen LogP contribution in [-0.2, 0) is 6.54 Å². The molecule has 1 atom stereocenters. The van der Waals surface area contributed by atoms with E-state index in [4.69, 9.17) is 9.84 Å². The molecule has 0 saturated heterocycles. The summed E-state index contributed by atoms with van der Waals surface area (Å²) in [7, 11) is 1.66. The van der Waals surface area contributed by atoms with E-state index in [9.17, 15) is 5.11 Å². The highest BCUT2D eigenvalue weighted by Gasteiger charge is 2.08. The molecule has 3 N–H and O–H groups in total. The van der Waals surface area contributed by atoms with Gasteiger partial charge in [0.05, 0.1) is 19.8 Å². The van der Waals surface area contributed by atoms with Gasteiger partial charge >= 0.3 is 0 Å². The lowest BCUT2D eigenvalue weighted by Gasteiger charge is -2.14. The van der Waals surface area contributed by atoms with Crippen molar-refractivity contribution in [2.75, 3.05) is 20.3 Å². The molecule has 0 spiro atoms. The molecule has 96 valence electrons. The Balaban J connectivity index is 2.69. The highest BCUT2D eigenvalue weighted by molar-refractivity contribution is 5.43. The number of ether oxygens (including phenoxy) is 1. The monoisotopic (exact) mass is 239 g/mol. The number of hydrogen-bond donors (Lipinski definition) is 3. The maximum Gasteiger partial charge on any atom is 0.126 e. The number of benzene rings is 1. The first kappa shape index (κ1) is 14.0. The predicted octanol–water partition coefficient (Wildman–Crippen LogP) is 0.755. The molecule has 1 rings (SSSR count). The van der Waals surface area contributed by atoms with E-state index in [0.29, 0.717) is 13.1 Å². The summed E-state index contributed by atoms with van der Waals surface area (Å²) in [4.78, 5) is 0. The predicted molar refractivity (Wildman–Crippen MR) is 67.3 cm³/mol. The van der Waals surface area contributed by atoms with Gasteiger partial charge in [-0.2, -0.15) is 0 Å². The maximum atomic E-state index is 9.23. The van der Waals surface area contributed by atoms with Crippen LogP contribution in [0.15, 0.2) is 12.1 Å². The summed E-state index contributed by atoms with van der Waals surface area (Å²) < 4.78 is 5.36. The van der Waals surface area contributed by atoms with Gasteiger partial charge in [0.2, 0.25) is 0 Å². The van der Waals surface area contributed by atoms with Gasteiger partial charge in [0.15, 0.2) is 0 Å². The van der Waals surface area contributed by atoms with Gasteiger partial charge in [-0.3, -0.25) is 0 Å². The molecule has 4 heteroatoms. The number of hydrogen-bond acceptors (Lipinski definition) is 4. The first-order valence-electron chi connectivity index (χ1n) is 5.72. The first-order valence-corrected chi connectivity index (χ1v) is 5.72. The third-order valence-electron chi connectivity index (χ3n) is 2.61. The van der Waals surface area contributed by atoms with E-state index in [1.54, 1.807) is 7.11 Å². The van der Waals surface area contributed by atoms with Gasteiger partial charge in [-0.05, 0) is 19.4 Å². The third-order valence-corrected chi connectivity index (χ3v) is 2.61. The molecule has 0 amide bonds. The fourth-order valence-corrected chi connectivity index (χ4v) is 1.90. The zero-order valence-corrected chi connectivity index (χ0v) is 10.7. The van der Waals surface area contributed by atoms with Crippen molar-refractivity contribution in [1.82, 2.24) is 5.32 Å². The molecular weight excluding hydrogens is 218 g/mol. The largest absolute Gasteiger partial charge is 0.496 e. The average Bonchev–Trinajstić information content (AvgIpc) is 2.28. The highest BCUT2D eigenvalue weighted by Crippen LogP contribution is 2.24. The SMILES string of the molecule is COc1c(C)cc(C)cc1CNCC(O)CO. The molecule has 0 radical (unpaired) electrons. The fraction of sp³-hybridized carbons (Fsp3) is 0.538. The van der Waals surface area contributed by atoms with Crippen LogP contribution in [0.5, 0.6) is 5.75 Å². The second-order valence-electron chi connectivity index (χ2n) is 4.24. The van der Waals surface area contributed by atoms with Crippen LogP contribution in [0, 0.1) is 13.8 Å².